The van der Waals surface area contributed by atoms with E-state index in [1.807, 2.05) is 60.7 Å². The van der Waals surface area contributed by atoms with E-state index in [1.165, 1.54) is 4.68 Å². The molecule has 1 unspecified atom stereocenters. The lowest BCUT2D eigenvalue weighted by molar-refractivity contribution is -0.123. The van der Waals surface area contributed by atoms with Crippen molar-refractivity contribution in [1.29, 1.82) is 0 Å². The van der Waals surface area contributed by atoms with Crippen LogP contribution in [0.3, 0.4) is 0 Å². The second-order valence-electron chi connectivity index (χ2n) is 8.28. The molecule has 0 bridgehead atoms. The van der Waals surface area contributed by atoms with Gasteiger partial charge in [-0.3, -0.25) is 14.3 Å². The van der Waals surface area contributed by atoms with Gasteiger partial charge in [0.1, 0.15) is 11.2 Å². The summed E-state index contributed by atoms with van der Waals surface area (Å²) >= 11 is 0. The smallest absolute Gasteiger partial charge is 0.309 e. The Balaban J connectivity index is 1.62. The fourth-order valence-electron chi connectivity index (χ4n) is 5.00. The highest BCUT2D eigenvalue weighted by molar-refractivity contribution is 6.23. The number of para-hydroxylation sites is 1. The molecule has 3 amide bonds. The molecule has 3 heterocycles. The molecule has 3 aromatic rings. The van der Waals surface area contributed by atoms with Gasteiger partial charge in [0, 0.05) is 20.0 Å². The lowest BCUT2D eigenvalue weighted by Crippen LogP contribution is -2.47. The Kier molecular flexibility index (Phi) is 4.36. The van der Waals surface area contributed by atoms with Gasteiger partial charge in [0.2, 0.25) is 0 Å². The third kappa shape index (κ3) is 2.69. The summed E-state index contributed by atoms with van der Waals surface area (Å²) in [5, 5.41) is 0. The summed E-state index contributed by atoms with van der Waals surface area (Å²) in [4.78, 5) is 43.5. The Morgan fingerprint density at radius 3 is 2.26 bits per heavy atom. The predicted molar refractivity (Wildman–Crippen MR) is 117 cm³/mol. The maximum absolute atomic E-state index is 13.8. The average Bonchev–Trinajstić information content (AvgIpc) is 3.35. The minimum atomic E-state index is -0.926. The molecule has 158 valence electrons. The zero-order valence-electron chi connectivity index (χ0n) is 17.6. The quantitative estimate of drug-likeness (QED) is 0.614. The predicted octanol–water partition coefficient (Wildman–Crippen LogP) is 3.03. The number of amides is 3. The van der Waals surface area contributed by atoms with Crippen molar-refractivity contribution in [2.45, 2.75) is 31.7 Å². The summed E-state index contributed by atoms with van der Waals surface area (Å²) < 4.78 is 3.19. The average molecular weight is 416 g/mol. The van der Waals surface area contributed by atoms with Gasteiger partial charge in [0.25, 0.3) is 11.5 Å². The van der Waals surface area contributed by atoms with E-state index >= 15 is 0 Å². The van der Waals surface area contributed by atoms with Crippen LogP contribution in [0.4, 0.5) is 10.5 Å². The molecule has 0 N–H and O–H groups in total. The second kappa shape index (κ2) is 6.97. The monoisotopic (exact) mass is 416 g/mol. The van der Waals surface area contributed by atoms with E-state index < -0.39 is 11.6 Å². The molecule has 5 rings (SSSR count). The van der Waals surface area contributed by atoms with Crippen LogP contribution in [0, 0.1) is 6.92 Å². The number of nitrogens with zero attached hydrogens (tertiary/aromatic N) is 4. The molecule has 0 aliphatic carbocycles. The molecular weight excluding hydrogens is 392 g/mol. The van der Waals surface area contributed by atoms with Crippen molar-refractivity contribution in [3.63, 3.8) is 0 Å². The first kappa shape index (κ1) is 19.4. The van der Waals surface area contributed by atoms with Gasteiger partial charge in [-0.1, -0.05) is 48.5 Å². The van der Waals surface area contributed by atoms with E-state index in [2.05, 4.69) is 0 Å². The number of carbonyl (C=O) groups is 2. The minimum absolute atomic E-state index is 0.142. The third-order valence-electron chi connectivity index (χ3n) is 6.60. The molecule has 0 radical (unpaired) electrons. The minimum Gasteiger partial charge on any atom is -0.309 e. The number of benzene rings is 2. The molecule has 2 aromatic carbocycles. The van der Waals surface area contributed by atoms with Crippen LogP contribution in [0.5, 0.6) is 0 Å². The van der Waals surface area contributed by atoms with Crippen LogP contribution < -0.4 is 10.5 Å². The van der Waals surface area contributed by atoms with Crippen molar-refractivity contribution in [1.82, 2.24) is 14.3 Å². The molecule has 0 saturated carbocycles. The number of urea groups is 1. The summed E-state index contributed by atoms with van der Waals surface area (Å²) in [5.41, 5.74) is 1.11. The molecule has 1 atom stereocenters. The van der Waals surface area contributed by atoms with E-state index in [9.17, 15) is 14.4 Å². The zero-order valence-corrected chi connectivity index (χ0v) is 17.6. The standard InChI is InChI=1S/C24H24N4O3/c1-17-20(21(29)28(25(17)2)19-12-7-4-8-13-19)27-22(30)24(14-9-15-26(24)23(27)31)16-18-10-5-3-6-11-18/h3-8,10-13H,9,14-16H2,1-2H3. The summed E-state index contributed by atoms with van der Waals surface area (Å²) in [6.07, 6.45) is 1.83. The Hall–Kier alpha value is -3.61. The first-order valence-corrected chi connectivity index (χ1v) is 10.5. The largest absolute Gasteiger partial charge is 0.332 e. The Morgan fingerprint density at radius 1 is 0.935 bits per heavy atom. The number of carbonyl (C=O) groups excluding carboxylic acids is 2. The van der Waals surface area contributed by atoms with Crippen LogP contribution in [-0.2, 0) is 18.3 Å². The van der Waals surface area contributed by atoms with Gasteiger partial charge in [0.05, 0.1) is 11.4 Å². The maximum Gasteiger partial charge on any atom is 0.332 e. The van der Waals surface area contributed by atoms with Crippen molar-refractivity contribution >= 4 is 17.6 Å². The van der Waals surface area contributed by atoms with Gasteiger partial charge in [-0.05, 0) is 37.5 Å². The zero-order chi connectivity index (χ0) is 21.8. The number of anilines is 1. The molecule has 7 heteroatoms. The fourth-order valence-corrected chi connectivity index (χ4v) is 5.00. The van der Waals surface area contributed by atoms with Gasteiger partial charge >= 0.3 is 6.03 Å². The first-order valence-electron chi connectivity index (χ1n) is 10.5. The van der Waals surface area contributed by atoms with Crippen LogP contribution in [0.1, 0.15) is 24.1 Å². The highest BCUT2D eigenvalue weighted by atomic mass is 16.2. The molecule has 2 fully saturated rings. The van der Waals surface area contributed by atoms with Crippen molar-refractivity contribution in [2.24, 2.45) is 7.05 Å². The number of hydrogen-bond donors (Lipinski definition) is 0. The highest BCUT2D eigenvalue weighted by Gasteiger charge is 2.60. The van der Waals surface area contributed by atoms with E-state index in [4.69, 9.17) is 0 Å². The van der Waals surface area contributed by atoms with Gasteiger partial charge in [-0.15, -0.1) is 0 Å². The lowest BCUT2D eigenvalue weighted by Gasteiger charge is -2.28. The van der Waals surface area contributed by atoms with E-state index in [1.54, 1.807) is 23.6 Å². The second-order valence-corrected chi connectivity index (χ2v) is 8.28. The lowest BCUT2D eigenvalue weighted by atomic mass is 9.88. The fraction of sp³-hybridized carbons (Fsp3) is 0.292. The van der Waals surface area contributed by atoms with Crippen molar-refractivity contribution in [2.75, 3.05) is 11.4 Å². The molecule has 0 spiro atoms. The number of fused-ring (bicyclic) bond motifs is 1. The van der Waals surface area contributed by atoms with E-state index in [0.29, 0.717) is 30.8 Å². The van der Waals surface area contributed by atoms with E-state index in [-0.39, 0.29) is 17.2 Å². The normalized spacial score (nSPS) is 20.6. The van der Waals surface area contributed by atoms with Gasteiger partial charge in [-0.2, -0.15) is 0 Å². The van der Waals surface area contributed by atoms with Crippen LogP contribution in [0.25, 0.3) is 5.69 Å². The summed E-state index contributed by atoms with van der Waals surface area (Å²) in [5.74, 6) is -0.301. The van der Waals surface area contributed by atoms with Gasteiger partial charge < -0.3 is 4.90 Å². The number of imide groups is 1. The van der Waals surface area contributed by atoms with Crippen molar-refractivity contribution in [3.05, 3.63) is 82.3 Å². The number of aromatic nitrogens is 2. The van der Waals surface area contributed by atoms with Gasteiger partial charge in [0.15, 0.2) is 0 Å². The topological polar surface area (TPSA) is 67.6 Å². The molecule has 2 aliphatic rings. The number of hydrogen-bond acceptors (Lipinski definition) is 3. The maximum atomic E-state index is 13.8. The SMILES string of the molecule is Cc1c(N2C(=O)N3CCCC3(Cc3ccccc3)C2=O)c(=O)n(-c2ccccc2)n1C. The van der Waals surface area contributed by atoms with Crippen LogP contribution in [-0.4, -0.2) is 38.3 Å². The number of rotatable bonds is 4. The molecule has 1 aromatic heterocycles. The third-order valence-corrected chi connectivity index (χ3v) is 6.60. The molecule has 2 saturated heterocycles. The summed E-state index contributed by atoms with van der Waals surface area (Å²) in [6, 6.07) is 18.6. The Bertz CT molecular complexity index is 1230. The Labute approximate surface area is 180 Å². The molecule has 7 nitrogen and oxygen atoms in total. The van der Waals surface area contributed by atoms with E-state index in [0.717, 1.165) is 16.9 Å². The van der Waals surface area contributed by atoms with Crippen molar-refractivity contribution < 1.29 is 9.59 Å². The van der Waals surface area contributed by atoms with Crippen LogP contribution >= 0.6 is 0 Å². The summed E-state index contributed by atoms with van der Waals surface area (Å²) in [7, 11) is 1.76. The van der Waals surface area contributed by atoms with Crippen LogP contribution in [0.2, 0.25) is 0 Å². The van der Waals surface area contributed by atoms with Gasteiger partial charge in [-0.25, -0.2) is 14.4 Å². The Morgan fingerprint density at radius 2 is 1.58 bits per heavy atom. The molecule has 31 heavy (non-hydrogen) atoms. The van der Waals surface area contributed by atoms with Crippen LogP contribution in [0.15, 0.2) is 65.5 Å². The highest BCUT2D eigenvalue weighted by Crippen LogP contribution is 2.42. The van der Waals surface area contributed by atoms with Crippen molar-refractivity contribution in [3.8, 4) is 5.69 Å². The molecule has 2 aliphatic heterocycles. The summed E-state index contributed by atoms with van der Waals surface area (Å²) in [6.45, 7) is 2.29. The molecular formula is C24H24N4O3. The first-order chi connectivity index (χ1) is 15.0.